The molecule has 2 heterocycles. The molecular formula is C13H15ClO3S. The molecule has 18 heavy (non-hydrogen) atoms. The lowest BCUT2D eigenvalue weighted by atomic mass is 9.96. The minimum Gasteiger partial charge on any atom is -0.372 e. The van der Waals surface area contributed by atoms with Crippen molar-refractivity contribution in [2.24, 2.45) is 5.92 Å². The average Bonchev–Trinajstić information content (AvgIpc) is 2.93. The summed E-state index contributed by atoms with van der Waals surface area (Å²) in [7, 11) is -2.87. The summed E-state index contributed by atoms with van der Waals surface area (Å²) in [5.41, 5.74) is 3.41. The molecular weight excluding hydrogens is 272 g/mol. The molecule has 0 saturated carbocycles. The van der Waals surface area contributed by atoms with Crippen LogP contribution < -0.4 is 0 Å². The van der Waals surface area contributed by atoms with E-state index in [1.807, 2.05) is 12.1 Å². The Hall–Kier alpha value is -0.580. The van der Waals surface area contributed by atoms with E-state index in [-0.39, 0.29) is 22.8 Å². The topological polar surface area (TPSA) is 43.4 Å². The first-order valence-electron chi connectivity index (χ1n) is 6.09. The molecule has 2 aliphatic heterocycles. The lowest BCUT2D eigenvalue weighted by Crippen LogP contribution is -2.10. The summed E-state index contributed by atoms with van der Waals surface area (Å²) >= 11 is 6.44. The molecule has 1 saturated heterocycles. The Labute approximate surface area is 112 Å². The maximum absolute atomic E-state index is 11.5. The van der Waals surface area contributed by atoms with Crippen molar-refractivity contribution >= 4 is 21.4 Å². The van der Waals surface area contributed by atoms with Crippen molar-refractivity contribution in [2.45, 2.75) is 25.0 Å². The number of hydrogen-bond acceptors (Lipinski definition) is 3. The van der Waals surface area contributed by atoms with E-state index in [2.05, 4.69) is 6.07 Å². The summed E-state index contributed by atoms with van der Waals surface area (Å²) in [5.74, 6) is 0.529. The molecule has 0 spiro atoms. The molecule has 5 heteroatoms. The van der Waals surface area contributed by atoms with Crippen molar-refractivity contribution < 1.29 is 13.2 Å². The van der Waals surface area contributed by atoms with Gasteiger partial charge in [-0.3, -0.25) is 0 Å². The fraction of sp³-hybridized carbons (Fsp3) is 0.538. The van der Waals surface area contributed by atoms with Gasteiger partial charge in [-0.05, 0) is 29.0 Å². The minimum atomic E-state index is -2.87. The van der Waals surface area contributed by atoms with Gasteiger partial charge in [-0.1, -0.05) is 18.2 Å². The molecule has 3 rings (SSSR count). The van der Waals surface area contributed by atoms with Crippen LogP contribution in [0.3, 0.4) is 0 Å². The highest BCUT2D eigenvalue weighted by Crippen LogP contribution is 2.37. The quantitative estimate of drug-likeness (QED) is 0.784. The first kappa shape index (κ1) is 12.5. The Kier molecular flexibility index (Phi) is 3.12. The zero-order valence-corrected chi connectivity index (χ0v) is 11.5. The van der Waals surface area contributed by atoms with E-state index in [1.165, 1.54) is 11.1 Å². The molecule has 0 radical (unpaired) electrons. The van der Waals surface area contributed by atoms with Gasteiger partial charge >= 0.3 is 0 Å². The number of sulfone groups is 1. The van der Waals surface area contributed by atoms with Gasteiger partial charge in [-0.2, -0.15) is 0 Å². The number of hydrogen-bond donors (Lipinski definition) is 0. The van der Waals surface area contributed by atoms with Gasteiger partial charge in [-0.15, -0.1) is 11.6 Å². The zero-order chi connectivity index (χ0) is 12.8. The number of halogens is 1. The van der Waals surface area contributed by atoms with Gasteiger partial charge in [0.1, 0.15) is 0 Å². The predicted octanol–water partition coefficient (Wildman–Crippen LogP) is 2.43. The van der Waals surface area contributed by atoms with Crippen molar-refractivity contribution in [3.8, 4) is 0 Å². The fourth-order valence-electron chi connectivity index (χ4n) is 2.69. The Morgan fingerprint density at radius 2 is 2.06 bits per heavy atom. The van der Waals surface area contributed by atoms with Crippen molar-refractivity contribution in [1.82, 2.24) is 0 Å². The number of alkyl halides is 1. The third-order valence-corrected chi connectivity index (χ3v) is 6.15. The third-order valence-electron chi connectivity index (χ3n) is 3.75. The predicted molar refractivity (Wildman–Crippen MR) is 70.3 cm³/mol. The lowest BCUT2D eigenvalue weighted by molar-refractivity contribution is 0.134. The minimum absolute atomic E-state index is 0.0389. The van der Waals surface area contributed by atoms with Gasteiger partial charge in [0.2, 0.25) is 0 Å². The zero-order valence-electron chi connectivity index (χ0n) is 9.93. The van der Waals surface area contributed by atoms with Crippen LogP contribution in [0, 0.1) is 5.92 Å². The van der Waals surface area contributed by atoms with Crippen molar-refractivity contribution in [3.05, 3.63) is 34.9 Å². The second-order valence-corrected chi connectivity index (χ2v) is 7.78. The largest absolute Gasteiger partial charge is 0.372 e. The summed E-state index contributed by atoms with van der Waals surface area (Å²) in [5, 5.41) is -0.215. The van der Waals surface area contributed by atoms with Crippen LogP contribution in [0.2, 0.25) is 0 Å². The standard InChI is InChI=1S/C13H15ClO3S/c14-13(11-3-4-18(15,16)8-11)9-1-2-10-6-17-7-12(10)5-9/h1-2,5,11,13H,3-4,6-8H2. The number of ether oxygens (including phenoxy) is 1. The fourth-order valence-corrected chi connectivity index (χ4v) is 4.99. The monoisotopic (exact) mass is 286 g/mol. The van der Waals surface area contributed by atoms with E-state index in [0.717, 1.165) is 5.56 Å². The highest BCUT2D eigenvalue weighted by molar-refractivity contribution is 7.91. The first-order valence-corrected chi connectivity index (χ1v) is 8.35. The Morgan fingerprint density at radius 3 is 2.78 bits per heavy atom. The van der Waals surface area contributed by atoms with Crippen LogP contribution in [0.1, 0.15) is 28.5 Å². The number of fused-ring (bicyclic) bond motifs is 1. The van der Waals surface area contributed by atoms with Crippen LogP contribution in [0.25, 0.3) is 0 Å². The number of rotatable bonds is 2. The van der Waals surface area contributed by atoms with Crippen LogP contribution in [0.15, 0.2) is 18.2 Å². The van der Waals surface area contributed by atoms with Gasteiger partial charge in [0, 0.05) is 0 Å². The van der Waals surface area contributed by atoms with E-state index in [4.69, 9.17) is 16.3 Å². The molecule has 1 fully saturated rings. The number of benzene rings is 1. The summed E-state index contributed by atoms with van der Waals surface area (Å²) < 4.78 is 28.3. The summed E-state index contributed by atoms with van der Waals surface area (Å²) in [6, 6.07) is 6.09. The Bertz CT molecular complexity index is 568. The maximum Gasteiger partial charge on any atom is 0.150 e. The summed E-state index contributed by atoms with van der Waals surface area (Å²) in [6.07, 6.45) is 0.671. The maximum atomic E-state index is 11.5. The molecule has 3 nitrogen and oxygen atoms in total. The van der Waals surface area contributed by atoms with Gasteiger partial charge in [-0.25, -0.2) is 8.42 Å². The first-order chi connectivity index (χ1) is 8.55. The molecule has 0 amide bonds. The molecule has 1 aromatic rings. The Balaban J connectivity index is 1.83. The van der Waals surface area contributed by atoms with Crippen LogP contribution in [0.5, 0.6) is 0 Å². The molecule has 98 valence electrons. The van der Waals surface area contributed by atoms with Crippen LogP contribution in [-0.4, -0.2) is 19.9 Å². The normalized spacial score (nSPS) is 27.1. The molecule has 0 aromatic heterocycles. The Morgan fingerprint density at radius 1 is 1.28 bits per heavy atom. The molecule has 0 aliphatic carbocycles. The lowest BCUT2D eigenvalue weighted by Gasteiger charge is -2.16. The van der Waals surface area contributed by atoms with E-state index in [9.17, 15) is 8.42 Å². The van der Waals surface area contributed by atoms with E-state index < -0.39 is 9.84 Å². The van der Waals surface area contributed by atoms with Crippen molar-refractivity contribution in [1.29, 1.82) is 0 Å². The van der Waals surface area contributed by atoms with Crippen LogP contribution in [-0.2, 0) is 27.8 Å². The van der Waals surface area contributed by atoms with Crippen LogP contribution >= 0.6 is 11.6 Å². The highest BCUT2D eigenvalue weighted by atomic mass is 35.5. The molecule has 0 N–H and O–H groups in total. The van der Waals surface area contributed by atoms with Crippen LogP contribution in [0.4, 0.5) is 0 Å². The van der Waals surface area contributed by atoms with E-state index >= 15 is 0 Å². The third kappa shape index (κ3) is 2.29. The van der Waals surface area contributed by atoms with Crippen molar-refractivity contribution in [2.75, 3.05) is 11.5 Å². The summed E-state index contributed by atoms with van der Waals surface area (Å²) in [4.78, 5) is 0. The molecule has 0 bridgehead atoms. The van der Waals surface area contributed by atoms with E-state index in [1.54, 1.807) is 0 Å². The van der Waals surface area contributed by atoms with Gasteiger partial charge in [0.25, 0.3) is 0 Å². The van der Waals surface area contributed by atoms with Crippen molar-refractivity contribution in [3.63, 3.8) is 0 Å². The molecule has 2 aliphatic rings. The second-order valence-electron chi connectivity index (χ2n) is 5.09. The smallest absolute Gasteiger partial charge is 0.150 e. The summed E-state index contributed by atoms with van der Waals surface area (Å²) in [6.45, 7) is 1.30. The van der Waals surface area contributed by atoms with E-state index in [0.29, 0.717) is 19.6 Å². The molecule has 2 unspecified atom stereocenters. The highest BCUT2D eigenvalue weighted by Gasteiger charge is 2.33. The molecule has 1 aromatic carbocycles. The molecule has 2 atom stereocenters. The van der Waals surface area contributed by atoms with Gasteiger partial charge < -0.3 is 4.74 Å². The van der Waals surface area contributed by atoms with Gasteiger partial charge in [0.05, 0.1) is 30.1 Å². The SMILES string of the molecule is O=S1(=O)CCC(C(Cl)c2ccc3c(c2)COC3)C1. The average molecular weight is 287 g/mol. The van der Waals surface area contributed by atoms with Gasteiger partial charge in [0.15, 0.2) is 9.84 Å². The second kappa shape index (κ2) is 4.51.